The predicted octanol–water partition coefficient (Wildman–Crippen LogP) is 5.23. The molecule has 1 atom stereocenters. The summed E-state index contributed by atoms with van der Waals surface area (Å²) in [7, 11) is 0. The number of rotatable bonds is 5. The number of fused-ring (bicyclic) bond motifs is 2. The van der Waals surface area contributed by atoms with E-state index in [0.29, 0.717) is 48.1 Å². The Bertz CT molecular complexity index is 1610. The number of aromatic nitrogens is 1. The monoisotopic (exact) mass is 532 g/mol. The number of amides is 1. The Morgan fingerprint density at radius 3 is 2.61 bits per heavy atom. The van der Waals surface area contributed by atoms with E-state index in [9.17, 15) is 19.1 Å². The van der Waals surface area contributed by atoms with Crippen molar-refractivity contribution in [2.24, 2.45) is 0 Å². The van der Waals surface area contributed by atoms with Crippen molar-refractivity contribution in [2.75, 3.05) is 24.7 Å². The first-order valence-corrected chi connectivity index (χ1v) is 12.8. The van der Waals surface area contributed by atoms with E-state index < -0.39 is 23.5 Å². The van der Waals surface area contributed by atoms with E-state index in [2.05, 4.69) is 4.98 Å². The van der Waals surface area contributed by atoms with Gasteiger partial charge in [0.15, 0.2) is 16.6 Å². The van der Waals surface area contributed by atoms with Crippen molar-refractivity contribution < 1.29 is 33.3 Å². The molecule has 3 heterocycles. The maximum Gasteiger partial charge on any atom is 0.301 e. The highest BCUT2D eigenvalue weighted by molar-refractivity contribution is 7.22. The minimum atomic E-state index is -1.03. The number of nitrogens with zero attached hydrogens (tertiary/aromatic N) is 2. The van der Waals surface area contributed by atoms with Crippen LogP contribution >= 0.6 is 11.3 Å². The zero-order valence-electron chi connectivity index (χ0n) is 20.1. The number of aliphatic hydroxyl groups is 1. The third kappa shape index (κ3) is 4.03. The summed E-state index contributed by atoms with van der Waals surface area (Å²) >= 11 is 1.22. The maximum atomic E-state index is 13.8. The molecule has 0 bridgehead atoms. The van der Waals surface area contributed by atoms with E-state index in [-0.39, 0.29) is 22.0 Å². The lowest BCUT2D eigenvalue weighted by atomic mass is 9.95. The fourth-order valence-corrected chi connectivity index (χ4v) is 5.61. The Labute approximate surface area is 220 Å². The zero-order valence-corrected chi connectivity index (χ0v) is 21.0. The van der Waals surface area contributed by atoms with Crippen LogP contribution in [-0.2, 0) is 9.59 Å². The van der Waals surface area contributed by atoms with Crippen LogP contribution in [0.15, 0.2) is 66.2 Å². The van der Waals surface area contributed by atoms with Gasteiger partial charge in [-0.05, 0) is 61.0 Å². The normalized spacial score (nSPS) is 18.3. The highest BCUT2D eigenvalue weighted by Gasteiger charge is 2.48. The van der Waals surface area contributed by atoms with Gasteiger partial charge in [-0.15, -0.1) is 0 Å². The van der Waals surface area contributed by atoms with Crippen molar-refractivity contribution in [3.8, 4) is 17.2 Å². The minimum Gasteiger partial charge on any atom is -0.507 e. The number of hydrogen-bond acceptors (Lipinski definition) is 8. The standard InChI is InChI=1S/C28H21FN2O6S/c1-2-35-18-8-9-19-22(14-18)38-28(30-19)31-24(15-3-6-17(29)7-4-15)23(26(33)27(31)34)25(32)16-5-10-20-21(13-16)37-12-11-36-20/h3-10,13-14,24,32H,2,11-12H2,1H3/b25-23+/t24-/m0/s1. The van der Waals surface area contributed by atoms with Gasteiger partial charge in [-0.3, -0.25) is 14.5 Å². The highest BCUT2D eigenvalue weighted by Crippen LogP contribution is 2.45. The van der Waals surface area contributed by atoms with Gasteiger partial charge in [-0.1, -0.05) is 23.5 Å². The smallest absolute Gasteiger partial charge is 0.301 e. The van der Waals surface area contributed by atoms with Gasteiger partial charge in [0.1, 0.15) is 30.5 Å². The molecule has 192 valence electrons. The summed E-state index contributed by atoms with van der Waals surface area (Å²) in [6.45, 7) is 3.13. The van der Waals surface area contributed by atoms with E-state index in [1.165, 1.54) is 40.5 Å². The number of thiazole rings is 1. The van der Waals surface area contributed by atoms with Crippen LogP contribution in [0.4, 0.5) is 9.52 Å². The average molecular weight is 533 g/mol. The molecule has 0 spiro atoms. The van der Waals surface area contributed by atoms with Gasteiger partial charge in [0, 0.05) is 5.56 Å². The predicted molar refractivity (Wildman–Crippen MR) is 139 cm³/mol. The zero-order chi connectivity index (χ0) is 26.4. The van der Waals surface area contributed by atoms with Gasteiger partial charge >= 0.3 is 5.91 Å². The van der Waals surface area contributed by atoms with Gasteiger partial charge in [0.2, 0.25) is 0 Å². The number of carbonyl (C=O) groups is 2. The number of hydrogen-bond donors (Lipinski definition) is 1. The van der Waals surface area contributed by atoms with E-state index in [4.69, 9.17) is 14.2 Å². The molecule has 1 aromatic heterocycles. The number of anilines is 1. The third-order valence-corrected chi connectivity index (χ3v) is 7.33. The molecule has 0 radical (unpaired) electrons. The number of Topliss-reactive ketones (excluding diaryl/α,β-unsaturated/α-hetero) is 1. The van der Waals surface area contributed by atoms with E-state index in [0.717, 1.165) is 4.70 Å². The quantitative estimate of drug-likeness (QED) is 0.213. The fourth-order valence-electron chi connectivity index (χ4n) is 4.59. The summed E-state index contributed by atoms with van der Waals surface area (Å²) < 4.78 is 31.3. The Hall–Kier alpha value is -4.44. The summed E-state index contributed by atoms with van der Waals surface area (Å²) in [5.74, 6) is -0.972. The Kier molecular flexibility index (Phi) is 5.96. The molecule has 0 aliphatic carbocycles. The molecule has 0 unspecified atom stereocenters. The second-order valence-corrected chi connectivity index (χ2v) is 9.65. The van der Waals surface area contributed by atoms with Crippen molar-refractivity contribution >= 4 is 44.1 Å². The lowest BCUT2D eigenvalue weighted by molar-refractivity contribution is -0.132. The van der Waals surface area contributed by atoms with Gasteiger partial charge in [-0.2, -0.15) is 0 Å². The van der Waals surface area contributed by atoms with Crippen LogP contribution in [0.25, 0.3) is 16.0 Å². The number of aliphatic hydroxyl groups excluding tert-OH is 1. The summed E-state index contributed by atoms with van der Waals surface area (Å²) in [5.41, 5.74) is 1.22. The summed E-state index contributed by atoms with van der Waals surface area (Å²) in [6, 6.07) is 14.6. The van der Waals surface area contributed by atoms with Crippen LogP contribution in [0.1, 0.15) is 24.1 Å². The molecule has 1 N–H and O–H groups in total. The largest absolute Gasteiger partial charge is 0.507 e. The van der Waals surface area contributed by atoms with Gasteiger partial charge < -0.3 is 19.3 Å². The molecule has 8 nitrogen and oxygen atoms in total. The van der Waals surface area contributed by atoms with Crippen LogP contribution < -0.4 is 19.1 Å². The molecule has 6 rings (SSSR count). The van der Waals surface area contributed by atoms with Gasteiger partial charge in [0.25, 0.3) is 5.78 Å². The van der Waals surface area contributed by atoms with E-state index >= 15 is 0 Å². The molecule has 38 heavy (non-hydrogen) atoms. The molecular weight excluding hydrogens is 511 g/mol. The molecular formula is C28H21FN2O6S. The number of ketones is 1. The number of halogens is 1. The minimum absolute atomic E-state index is 0.132. The van der Waals surface area contributed by atoms with Crippen molar-refractivity contribution in [1.82, 2.24) is 4.98 Å². The first-order valence-electron chi connectivity index (χ1n) is 11.9. The number of benzene rings is 3. The number of carbonyl (C=O) groups excluding carboxylic acids is 2. The summed E-state index contributed by atoms with van der Waals surface area (Å²) in [6.07, 6.45) is 0. The molecule has 1 saturated heterocycles. The van der Waals surface area contributed by atoms with Crippen molar-refractivity contribution in [1.29, 1.82) is 0 Å². The highest BCUT2D eigenvalue weighted by atomic mass is 32.1. The fraction of sp³-hybridized carbons (Fsp3) is 0.179. The average Bonchev–Trinajstić information content (AvgIpc) is 3.46. The topological polar surface area (TPSA) is 98.2 Å². The third-order valence-electron chi connectivity index (χ3n) is 6.31. The molecule has 2 aliphatic heterocycles. The van der Waals surface area contributed by atoms with E-state index in [1.54, 1.807) is 30.3 Å². The van der Waals surface area contributed by atoms with Gasteiger partial charge in [0.05, 0.1) is 28.4 Å². The second-order valence-electron chi connectivity index (χ2n) is 8.64. The molecule has 4 aromatic rings. The molecule has 1 amide bonds. The SMILES string of the molecule is CCOc1ccc2nc(N3C(=O)C(=O)/C(=C(/O)c4ccc5c(c4)OCCO5)[C@@H]3c3ccc(F)cc3)sc2c1. The number of ether oxygens (including phenoxy) is 3. The van der Waals surface area contributed by atoms with Crippen LogP contribution in [0.5, 0.6) is 17.2 Å². The van der Waals surface area contributed by atoms with Crippen LogP contribution in [0.2, 0.25) is 0 Å². The van der Waals surface area contributed by atoms with Gasteiger partial charge in [-0.25, -0.2) is 9.37 Å². The lowest BCUT2D eigenvalue weighted by Gasteiger charge is -2.23. The Morgan fingerprint density at radius 2 is 1.84 bits per heavy atom. The maximum absolute atomic E-state index is 13.8. The first kappa shape index (κ1) is 23.9. The Balaban J connectivity index is 1.51. The second kappa shape index (κ2) is 9.46. The Morgan fingerprint density at radius 1 is 1.08 bits per heavy atom. The molecule has 10 heteroatoms. The van der Waals surface area contributed by atoms with E-state index in [1.807, 2.05) is 13.0 Å². The molecule has 1 fully saturated rings. The van der Waals surface area contributed by atoms with Crippen LogP contribution in [0, 0.1) is 5.82 Å². The molecule has 3 aromatic carbocycles. The summed E-state index contributed by atoms with van der Waals surface area (Å²) in [5, 5.41) is 11.6. The first-order chi connectivity index (χ1) is 18.4. The van der Waals surface area contributed by atoms with Crippen LogP contribution in [-0.4, -0.2) is 41.6 Å². The molecule has 0 saturated carbocycles. The van der Waals surface area contributed by atoms with Crippen molar-refractivity contribution in [3.63, 3.8) is 0 Å². The van der Waals surface area contributed by atoms with Crippen LogP contribution in [0.3, 0.4) is 0 Å². The molecule has 2 aliphatic rings. The van der Waals surface area contributed by atoms with Crippen molar-refractivity contribution in [3.05, 3.63) is 83.2 Å². The summed E-state index contributed by atoms with van der Waals surface area (Å²) in [4.78, 5) is 32.7. The van der Waals surface area contributed by atoms with Crippen molar-refractivity contribution in [2.45, 2.75) is 13.0 Å². The lowest BCUT2D eigenvalue weighted by Crippen LogP contribution is -2.29.